The van der Waals surface area contributed by atoms with Crippen LogP contribution < -0.4 is 10.2 Å². The van der Waals surface area contributed by atoms with Crippen LogP contribution >= 0.6 is 0 Å². The predicted octanol–water partition coefficient (Wildman–Crippen LogP) is 2.58. The molecule has 0 bridgehead atoms. The van der Waals surface area contributed by atoms with Crippen LogP contribution in [-0.4, -0.2) is 31.0 Å². The Labute approximate surface area is 124 Å². The second kappa shape index (κ2) is 5.71. The van der Waals surface area contributed by atoms with E-state index in [0.717, 1.165) is 31.6 Å². The number of anilines is 1. The summed E-state index contributed by atoms with van der Waals surface area (Å²) in [6, 6.07) is 4.50. The maximum Gasteiger partial charge on any atom is 0.270 e. The third-order valence-electron chi connectivity index (χ3n) is 3.90. The minimum absolute atomic E-state index is 0.0615. The number of nitrogens with zero attached hydrogens (tertiary/aromatic N) is 2. The van der Waals surface area contributed by atoms with E-state index in [1.54, 1.807) is 6.07 Å². The lowest BCUT2D eigenvalue weighted by Gasteiger charge is -2.40. The zero-order valence-corrected chi connectivity index (χ0v) is 12.7. The molecule has 0 aliphatic carbocycles. The van der Waals surface area contributed by atoms with E-state index in [4.69, 9.17) is 0 Å². The molecule has 1 fully saturated rings. The van der Waals surface area contributed by atoms with E-state index >= 15 is 0 Å². The first-order valence-corrected chi connectivity index (χ1v) is 7.09. The van der Waals surface area contributed by atoms with Crippen molar-refractivity contribution in [3.05, 3.63) is 33.9 Å². The molecule has 1 amide bonds. The molecule has 1 aliphatic rings. The van der Waals surface area contributed by atoms with E-state index in [1.807, 2.05) is 0 Å². The molecule has 1 saturated heterocycles. The highest BCUT2D eigenvalue weighted by molar-refractivity contribution is 6.00. The summed E-state index contributed by atoms with van der Waals surface area (Å²) in [7, 11) is 1.53. The van der Waals surface area contributed by atoms with Crippen molar-refractivity contribution in [2.24, 2.45) is 5.41 Å². The molecule has 1 N–H and O–H groups in total. The molecule has 0 spiro atoms. The molecule has 0 unspecified atom stereocenters. The van der Waals surface area contributed by atoms with Gasteiger partial charge in [-0.15, -0.1) is 0 Å². The molecular formula is C15H21N3O3. The number of benzene rings is 1. The number of nitrogens with one attached hydrogen (secondary N) is 1. The van der Waals surface area contributed by atoms with Crippen molar-refractivity contribution in [2.45, 2.75) is 26.7 Å². The zero-order valence-electron chi connectivity index (χ0n) is 12.7. The van der Waals surface area contributed by atoms with Gasteiger partial charge in [-0.05, 0) is 24.3 Å². The average molecular weight is 291 g/mol. The van der Waals surface area contributed by atoms with Gasteiger partial charge in [0.15, 0.2) is 0 Å². The van der Waals surface area contributed by atoms with Gasteiger partial charge in [-0.3, -0.25) is 14.9 Å². The number of piperidine rings is 1. The van der Waals surface area contributed by atoms with E-state index < -0.39 is 4.92 Å². The van der Waals surface area contributed by atoms with Gasteiger partial charge in [0.1, 0.15) is 0 Å². The molecular weight excluding hydrogens is 270 g/mol. The Morgan fingerprint density at radius 3 is 2.71 bits per heavy atom. The highest BCUT2D eigenvalue weighted by Crippen LogP contribution is 2.34. The van der Waals surface area contributed by atoms with Crippen molar-refractivity contribution in [2.75, 3.05) is 25.0 Å². The molecule has 1 aromatic carbocycles. The monoisotopic (exact) mass is 291 g/mol. The summed E-state index contributed by atoms with van der Waals surface area (Å²) in [6.45, 7) is 6.11. The molecule has 1 heterocycles. The topological polar surface area (TPSA) is 75.5 Å². The normalized spacial score (nSPS) is 17.4. The molecule has 0 radical (unpaired) electrons. The van der Waals surface area contributed by atoms with Crippen LogP contribution in [0.2, 0.25) is 0 Å². The van der Waals surface area contributed by atoms with Crippen LogP contribution in [-0.2, 0) is 0 Å². The smallest absolute Gasteiger partial charge is 0.270 e. The molecule has 0 saturated carbocycles. The Kier molecular flexibility index (Phi) is 4.16. The van der Waals surface area contributed by atoms with Gasteiger partial charge in [0.05, 0.1) is 16.2 Å². The Morgan fingerprint density at radius 2 is 2.14 bits per heavy atom. The summed E-state index contributed by atoms with van der Waals surface area (Å²) < 4.78 is 0. The minimum atomic E-state index is -0.476. The van der Waals surface area contributed by atoms with E-state index in [2.05, 4.69) is 24.1 Å². The van der Waals surface area contributed by atoms with Crippen molar-refractivity contribution >= 4 is 17.3 Å². The molecule has 0 atom stereocenters. The fourth-order valence-corrected chi connectivity index (χ4v) is 2.86. The van der Waals surface area contributed by atoms with Crippen LogP contribution in [0.1, 0.15) is 37.0 Å². The number of hydrogen-bond acceptors (Lipinski definition) is 4. The Balaban J connectivity index is 2.42. The summed E-state index contributed by atoms with van der Waals surface area (Å²) in [4.78, 5) is 24.6. The van der Waals surface area contributed by atoms with Crippen LogP contribution in [0.4, 0.5) is 11.4 Å². The SMILES string of the molecule is CNC(=O)c1cc([N+](=O)[O-])ccc1N1CCCC(C)(C)C1. The maximum atomic E-state index is 12.1. The number of nitro groups is 1. The van der Waals surface area contributed by atoms with Crippen molar-refractivity contribution in [1.82, 2.24) is 5.32 Å². The molecule has 21 heavy (non-hydrogen) atoms. The van der Waals surface area contributed by atoms with Gasteiger partial charge in [0.2, 0.25) is 0 Å². The van der Waals surface area contributed by atoms with Crippen molar-refractivity contribution in [3.8, 4) is 0 Å². The second-order valence-corrected chi connectivity index (χ2v) is 6.23. The first-order chi connectivity index (χ1) is 9.84. The van der Waals surface area contributed by atoms with Crippen LogP contribution in [0, 0.1) is 15.5 Å². The predicted molar refractivity (Wildman–Crippen MR) is 81.7 cm³/mol. The molecule has 1 aliphatic heterocycles. The van der Waals surface area contributed by atoms with Crippen molar-refractivity contribution in [1.29, 1.82) is 0 Å². The highest BCUT2D eigenvalue weighted by atomic mass is 16.6. The standard InChI is InChI=1S/C15H21N3O3/c1-15(2)7-4-8-17(10-15)13-6-5-11(18(20)21)9-12(13)14(19)16-3/h5-6,9H,4,7-8,10H2,1-3H3,(H,16,19). The minimum Gasteiger partial charge on any atom is -0.370 e. The molecule has 1 aromatic rings. The Morgan fingerprint density at radius 1 is 1.43 bits per heavy atom. The Hall–Kier alpha value is -2.11. The first-order valence-electron chi connectivity index (χ1n) is 7.09. The second-order valence-electron chi connectivity index (χ2n) is 6.23. The fraction of sp³-hybridized carbons (Fsp3) is 0.533. The third kappa shape index (κ3) is 3.32. The van der Waals surface area contributed by atoms with E-state index in [1.165, 1.54) is 19.2 Å². The largest absolute Gasteiger partial charge is 0.370 e. The average Bonchev–Trinajstić information content (AvgIpc) is 2.44. The molecule has 114 valence electrons. The van der Waals surface area contributed by atoms with Crippen molar-refractivity contribution in [3.63, 3.8) is 0 Å². The van der Waals surface area contributed by atoms with Gasteiger partial charge in [0.25, 0.3) is 11.6 Å². The highest BCUT2D eigenvalue weighted by Gasteiger charge is 2.29. The quantitative estimate of drug-likeness (QED) is 0.686. The molecule has 6 nitrogen and oxygen atoms in total. The number of non-ortho nitro benzene ring substituents is 1. The van der Waals surface area contributed by atoms with Gasteiger partial charge in [-0.25, -0.2) is 0 Å². The number of rotatable bonds is 3. The lowest BCUT2D eigenvalue weighted by Crippen LogP contribution is -2.41. The third-order valence-corrected chi connectivity index (χ3v) is 3.90. The van der Waals surface area contributed by atoms with Gasteiger partial charge >= 0.3 is 0 Å². The molecule has 2 rings (SSSR count). The fourth-order valence-electron chi connectivity index (χ4n) is 2.86. The first kappa shape index (κ1) is 15.3. The molecule has 0 aromatic heterocycles. The summed E-state index contributed by atoms with van der Waals surface area (Å²) >= 11 is 0. The Bertz CT molecular complexity index is 569. The van der Waals surface area contributed by atoms with Crippen LogP contribution in [0.15, 0.2) is 18.2 Å². The van der Waals surface area contributed by atoms with E-state index in [0.29, 0.717) is 5.56 Å². The number of amides is 1. The van der Waals surface area contributed by atoms with Crippen molar-refractivity contribution < 1.29 is 9.72 Å². The summed E-state index contributed by atoms with van der Waals surface area (Å²) in [5.74, 6) is -0.294. The summed E-state index contributed by atoms with van der Waals surface area (Å²) in [5, 5.41) is 13.5. The number of carbonyl (C=O) groups excluding carboxylic acids is 1. The number of hydrogen-bond donors (Lipinski definition) is 1. The van der Waals surface area contributed by atoms with Crippen LogP contribution in [0.5, 0.6) is 0 Å². The van der Waals surface area contributed by atoms with Crippen LogP contribution in [0.3, 0.4) is 0 Å². The van der Waals surface area contributed by atoms with Gasteiger partial charge in [-0.1, -0.05) is 13.8 Å². The van der Waals surface area contributed by atoms with Gasteiger partial charge in [0, 0.05) is 32.3 Å². The summed E-state index contributed by atoms with van der Waals surface area (Å²) in [5.41, 5.74) is 1.26. The molecule has 6 heteroatoms. The van der Waals surface area contributed by atoms with Gasteiger partial charge in [-0.2, -0.15) is 0 Å². The zero-order chi connectivity index (χ0) is 15.6. The maximum absolute atomic E-state index is 12.1. The summed E-state index contributed by atoms with van der Waals surface area (Å²) in [6.07, 6.45) is 2.20. The van der Waals surface area contributed by atoms with Crippen LogP contribution in [0.25, 0.3) is 0 Å². The van der Waals surface area contributed by atoms with E-state index in [-0.39, 0.29) is 17.0 Å². The number of nitro benzene ring substituents is 1. The van der Waals surface area contributed by atoms with E-state index in [9.17, 15) is 14.9 Å². The lowest BCUT2D eigenvalue weighted by molar-refractivity contribution is -0.384. The lowest BCUT2D eigenvalue weighted by atomic mass is 9.84. The number of carbonyl (C=O) groups is 1. The van der Waals surface area contributed by atoms with Gasteiger partial charge < -0.3 is 10.2 Å².